The normalized spacial score (nSPS) is 26.0. The molecule has 1 aliphatic heterocycles. The van der Waals surface area contributed by atoms with Crippen LogP contribution in [0.4, 0.5) is 13.2 Å². The number of hydrogen-bond acceptors (Lipinski definition) is 4. The van der Waals surface area contributed by atoms with Gasteiger partial charge in [-0.25, -0.2) is 0 Å². The molecule has 8 heteroatoms. The second-order valence-electron chi connectivity index (χ2n) is 10.0. The highest BCUT2D eigenvalue weighted by atomic mass is 35.5. The van der Waals surface area contributed by atoms with Crippen molar-refractivity contribution in [2.75, 3.05) is 19.7 Å². The Hall–Kier alpha value is -1.80. The maximum atomic E-state index is 12.8. The first-order valence-corrected chi connectivity index (χ1v) is 12.2. The van der Waals surface area contributed by atoms with Gasteiger partial charge in [-0.3, -0.25) is 4.90 Å². The van der Waals surface area contributed by atoms with Crippen molar-refractivity contribution in [2.45, 2.75) is 62.4 Å². The number of aliphatic hydroxyl groups is 1. The van der Waals surface area contributed by atoms with Crippen LogP contribution in [0.2, 0.25) is 5.02 Å². The summed E-state index contributed by atoms with van der Waals surface area (Å²) < 4.78 is 44.1. The predicted octanol–water partition coefficient (Wildman–Crippen LogP) is 5.61. The standard InChI is InChI=1S/C26H32ClF3N2O2/c1-24(31)14-11-18(17-34-22-9-5-20(6-10-22)26(28,29)30)15-32(24)16-23(33)25(12-2-13-25)19-3-7-21(27)8-4-19/h3-10,18,23,33H,2,11-17,31H2,1H3/t18-,23?,24+/m0/s1. The van der Waals surface area contributed by atoms with E-state index in [9.17, 15) is 18.3 Å². The summed E-state index contributed by atoms with van der Waals surface area (Å²) in [6, 6.07) is 12.5. The minimum atomic E-state index is -4.36. The van der Waals surface area contributed by atoms with Crippen LogP contribution in [0.5, 0.6) is 5.75 Å². The van der Waals surface area contributed by atoms with E-state index in [1.54, 1.807) is 0 Å². The van der Waals surface area contributed by atoms with Crippen LogP contribution in [-0.2, 0) is 11.6 Å². The van der Waals surface area contributed by atoms with E-state index >= 15 is 0 Å². The largest absolute Gasteiger partial charge is 0.493 e. The zero-order chi connectivity index (χ0) is 24.6. The van der Waals surface area contributed by atoms with E-state index in [0.29, 0.717) is 30.5 Å². The molecule has 4 nitrogen and oxygen atoms in total. The highest BCUT2D eigenvalue weighted by molar-refractivity contribution is 6.30. The molecule has 1 saturated heterocycles. The molecule has 2 aromatic carbocycles. The van der Waals surface area contributed by atoms with Crippen LogP contribution in [0.3, 0.4) is 0 Å². The number of β-amino-alcohol motifs (C(OH)–C–C–N with tert-alkyl or cyclic N) is 1. The lowest BCUT2D eigenvalue weighted by Crippen LogP contribution is -2.62. The number of benzene rings is 2. The van der Waals surface area contributed by atoms with Gasteiger partial charge in [0.05, 0.1) is 23.9 Å². The van der Waals surface area contributed by atoms with Gasteiger partial charge in [-0.15, -0.1) is 0 Å². The second-order valence-corrected chi connectivity index (χ2v) is 10.5. The molecule has 1 saturated carbocycles. The molecule has 0 aromatic heterocycles. The van der Waals surface area contributed by atoms with Crippen molar-refractivity contribution >= 4 is 11.6 Å². The van der Waals surface area contributed by atoms with E-state index in [4.69, 9.17) is 22.1 Å². The zero-order valence-electron chi connectivity index (χ0n) is 19.3. The molecular formula is C26H32ClF3N2O2. The quantitative estimate of drug-likeness (QED) is 0.523. The summed E-state index contributed by atoms with van der Waals surface area (Å²) >= 11 is 6.06. The smallest absolute Gasteiger partial charge is 0.416 e. The number of ether oxygens (including phenoxy) is 1. The molecule has 1 aliphatic carbocycles. The lowest BCUT2D eigenvalue weighted by Gasteiger charge is -2.51. The van der Waals surface area contributed by atoms with E-state index in [2.05, 4.69) is 4.90 Å². The third-order valence-corrected chi connectivity index (χ3v) is 7.88. The van der Waals surface area contributed by atoms with Crippen LogP contribution in [-0.4, -0.2) is 41.5 Å². The number of aliphatic hydroxyl groups excluding tert-OH is 1. The highest BCUT2D eigenvalue weighted by Crippen LogP contribution is 2.47. The number of nitrogens with two attached hydrogens (primary N) is 1. The van der Waals surface area contributed by atoms with Gasteiger partial charge in [-0.2, -0.15) is 13.2 Å². The molecule has 2 fully saturated rings. The van der Waals surface area contributed by atoms with Gasteiger partial charge in [-0.1, -0.05) is 30.2 Å². The third-order valence-electron chi connectivity index (χ3n) is 7.62. The fraction of sp³-hybridized carbons (Fsp3) is 0.538. The topological polar surface area (TPSA) is 58.7 Å². The van der Waals surface area contributed by atoms with Crippen LogP contribution >= 0.6 is 11.6 Å². The van der Waals surface area contributed by atoms with E-state index in [0.717, 1.165) is 49.8 Å². The minimum absolute atomic E-state index is 0.166. The Labute approximate surface area is 203 Å². The lowest BCUT2D eigenvalue weighted by atomic mass is 9.61. The molecule has 4 rings (SSSR count). The van der Waals surface area contributed by atoms with Crippen LogP contribution in [0.15, 0.2) is 48.5 Å². The second kappa shape index (κ2) is 9.69. The third kappa shape index (κ3) is 5.38. The Bertz CT molecular complexity index is 960. The molecule has 0 amide bonds. The summed E-state index contributed by atoms with van der Waals surface area (Å²) in [4.78, 5) is 2.14. The van der Waals surface area contributed by atoms with Crippen molar-refractivity contribution in [2.24, 2.45) is 11.7 Å². The maximum Gasteiger partial charge on any atom is 0.416 e. The number of likely N-dealkylation sites (tertiary alicyclic amines) is 1. The summed E-state index contributed by atoms with van der Waals surface area (Å²) in [5, 5.41) is 12.0. The average molecular weight is 497 g/mol. The Kier molecular flexibility index (Phi) is 7.21. The first-order chi connectivity index (χ1) is 16.0. The molecular weight excluding hydrogens is 465 g/mol. The Morgan fingerprint density at radius 1 is 1.12 bits per heavy atom. The first kappa shape index (κ1) is 25.3. The molecule has 0 bridgehead atoms. The fourth-order valence-corrected chi connectivity index (χ4v) is 5.30. The molecule has 2 aliphatic rings. The number of alkyl halides is 3. The minimum Gasteiger partial charge on any atom is -0.493 e. The number of halogens is 4. The van der Waals surface area contributed by atoms with E-state index in [1.807, 2.05) is 31.2 Å². The molecule has 1 unspecified atom stereocenters. The van der Waals surface area contributed by atoms with Gasteiger partial charge in [-0.05, 0) is 74.6 Å². The van der Waals surface area contributed by atoms with Gasteiger partial charge in [0.15, 0.2) is 0 Å². The van der Waals surface area contributed by atoms with E-state index < -0.39 is 23.5 Å². The molecule has 0 radical (unpaired) electrons. The molecule has 0 spiro atoms. The maximum absolute atomic E-state index is 12.8. The van der Waals surface area contributed by atoms with Crippen LogP contribution < -0.4 is 10.5 Å². The van der Waals surface area contributed by atoms with Crippen LogP contribution in [0.1, 0.15) is 50.2 Å². The van der Waals surface area contributed by atoms with Crippen molar-refractivity contribution < 1.29 is 23.0 Å². The molecule has 2 aromatic rings. The summed E-state index contributed by atoms with van der Waals surface area (Å²) in [5.41, 5.74) is 6.19. The van der Waals surface area contributed by atoms with Crippen molar-refractivity contribution in [3.8, 4) is 5.75 Å². The van der Waals surface area contributed by atoms with Crippen molar-refractivity contribution in [1.29, 1.82) is 0 Å². The van der Waals surface area contributed by atoms with Crippen LogP contribution in [0, 0.1) is 5.92 Å². The van der Waals surface area contributed by atoms with Gasteiger partial charge < -0.3 is 15.6 Å². The van der Waals surface area contributed by atoms with E-state index in [1.165, 1.54) is 12.1 Å². The molecule has 1 heterocycles. The SMILES string of the molecule is C[C@]1(N)CC[C@H](COc2ccc(C(F)(F)F)cc2)CN1CC(O)C1(c2ccc(Cl)cc2)CCC1. The van der Waals surface area contributed by atoms with Gasteiger partial charge >= 0.3 is 6.18 Å². The number of piperidine rings is 1. The summed E-state index contributed by atoms with van der Waals surface area (Å²) in [5.74, 6) is 0.579. The van der Waals surface area contributed by atoms with E-state index in [-0.39, 0.29) is 11.3 Å². The van der Waals surface area contributed by atoms with Gasteiger partial charge in [0.1, 0.15) is 5.75 Å². The fourth-order valence-electron chi connectivity index (χ4n) is 5.18. The Balaban J connectivity index is 1.39. The molecule has 186 valence electrons. The Morgan fingerprint density at radius 2 is 1.76 bits per heavy atom. The van der Waals surface area contributed by atoms with Crippen molar-refractivity contribution in [3.63, 3.8) is 0 Å². The monoisotopic (exact) mass is 496 g/mol. The van der Waals surface area contributed by atoms with Gasteiger partial charge in [0.25, 0.3) is 0 Å². The lowest BCUT2D eigenvalue weighted by molar-refractivity contribution is -0.137. The average Bonchev–Trinajstić information content (AvgIpc) is 2.74. The summed E-state index contributed by atoms with van der Waals surface area (Å²) in [7, 11) is 0. The first-order valence-electron chi connectivity index (χ1n) is 11.8. The van der Waals surface area contributed by atoms with Crippen molar-refractivity contribution in [3.05, 3.63) is 64.7 Å². The van der Waals surface area contributed by atoms with Gasteiger partial charge in [0.2, 0.25) is 0 Å². The zero-order valence-corrected chi connectivity index (χ0v) is 20.1. The summed E-state index contributed by atoms with van der Waals surface area (Å²) in [6.07, 6.45) is -0.421. The molecule has 3 atom stereocenters. The molecule has 3 N–H and O–H groups in total. The summed E-state index contributed by atoms with van der Waals surface area (Å²) in [6.45, 7) is 3.48. The van der Waals surface area contributed by atoms with Gasteiger partial charge in [0, 0.05) is 29.4 Å². The van der Waals surface area contributed by atoms with Crippen LogP contribution in [0.25, 0.3) is 0 Å². The number of rotatable bonds is 7. The number of hydrogen-bond donors (Lipinski definition) is 2. The predicted molar refractivity (Wildman–Crippen MR) is 127 cm³/mol. The van der Waals surface area contributed by atoms with Crippen molar-refractivity contribution in [1.82, 2.24) is 4.90 Å². The number of nitrogens with zero attached hydrogens (tertiary/aromatic N) is 1. The molecule has 34 heavy (non-hydrogen) atoms. The highest BCUT2D eigenvalue weighted by Gasteiger charge is 2.47. The Morgan fingerprint density at radius 3 is 2.32 bits per heavy atom.